The molecule has 0 radical (unpaired) electrons. The lowest BCUT2D eigenvalue weighted by Crippen LogP contribution is -2.01. The zero-order valence-electron chi connectivity index (χ0n) is 11.8. The molecule has 2 aromatic rings. The number of hydrogen-bond acceptors (Lipinski definition) is 4. The Morgan fingerprint density at radius 3 is 2.71 bits per heavy atom. The highest BCUT2D eigenvalue weighted by Crippen LogP contribution is 2.14. The molecule has 1 aromatic carbocycles. The van der Waals surface area contributed by atoms with E-state index in [4.69, 9.17) is 9.94 Å². The Balaban J connectivity index is 1.65. The molecule has 0 amide bonds. The number of benzene rings is 1. The summed E-state index contributed by atoms with van der Waals surface area (Å²) in [5.74, 6) is 0.589. The summed E-state index contributed by atoms with van der Waals surface area (Å²) in [5, 5.41) is 8.39. The van der Waals surface area contributed by atoms with E-state index in [1.165, 1.54) is 11.9 Å². The predicted molar refractivity (Wildman–Crippen MR) is 82.2 cm³/mol. The van der Waals surface area contributed by atoms with Crippen LogP contribution < -0.4 is 10.2 Å². The SMILES string of the molecule is ONC=Nc1ccc(OCCCCc2ccccc2)nc1. The third-order valence-corrected chi connectivity index (χ3v) is 2.94. The summed E-state index contributed by atoms with van der Waals surface area (Å²) >= 11 is 0. The average Bonchev–Trinajstić information content (AvgIpc) is 2.55. The van der Waals surface area contributed by atoms with Crippen molar-refractivity contribution < 1.29 is 9.94 Å². The van der Waals surface area contributed by atoms with Crippen molar-refractivity contribution in [1.29, 1.82) is 0 Å². The fraction of sp³-hybridized carbons (Fsp3) is 0.250. The van der Waals surface area contributed by atoms with Gasteiger partial charge in [0.1, 0.15) is 6.34 Å². The van der Waals surface area contributed by atoms with Gasteiger partial charge in [0.2, 0.25) is 5.88 Å². The number of ether oxygens (including phenoxy) is 1. The Kier molecular flexibility index (Phi) is 6.22. The van der Waals surface area contributed by atoms with Gasteiger partial charge in [0.25, 0.3) is 0 Å². The van der Waals surface area contributed by atoms with Gasteiger partial charge in [-0.1, -0.05) is 30.3 Å². The molecule has 0 bridgehead atoms. The van der Waals surface area contributed by atoms with Crippen LogP contribution in [0.15, 0.2) is 53.7 Å². The van der Waals surface area contributed by atoms with Gasteiger partial charge >= 0.3 is 0 Å². The minimum absolute atomic E-state index is 0.589. The summed E-state index contributed by atoms with van der Waals surface area (Å²) in [5.41, 5.74) is 3.84. The number of pyridine rings is 1. The Labute approximate surface area is 124 Å². The highest BCUT2D eigenvalue weighted by Gasteiger charge is 1.97. The fourth-order valence-corrected chi connectivity index (χ4v) is 1.89. The number of aliphatic imine (C=N–C) groups is 1. The quantitative estimate of drug-likeness (QED) is 0.338. The topological polar surface area (TPSA) is 66.7 Å². The molecule has 1 heterocycles. The van der Waals surface area contributed by atoms with Gasteiger partial charge < -0.3 is 4.74 Å². The average molecular weight is 285 g/mol. The number of hydrogen-bond donors (Lipinski definition) is 2. The lowest BCUT2D eigenvalue weighted by atomic mass is 10.1. The molecule has 0 fully saturated rings. The number of hydroxylamine groups is 1. The predicted octanol–water partition coefficient (Wildman–Crippen LogP) is 3.12. The second-order valence-corrected chi connectivity index (χ2v) is 4.53. The maximum atomic E-state index is 8.39. The maximum Gasteiger partial charge on any atom is 0.213 e. The monoisotopic (exact) mass is 285 g/mol. The zero-order chi connectivity index (χ0) is 14.8. The van der Waals surface area contributed by atoms with Gasteiger partial charge in [-0.15, -0.1) is 0 Å². The first-order chi connectivity index (χ1) is 10.4. The lowest BCUT2D eigenvalue weighted by molar-refractivity contribution is 0.240. The zero-order valence-corrected chi connectivity index (χ0v) is 11.8. The molecule has 0 atom stereocenters. The smallest absolute Gasteiger partial charge is 0.213 e. The normalized spacial score (nSPS) is 10.7. The molecule has 5 heteroatoms. The van der Waals surface area contributed by atoms with Crippen LogP contribution >= 0.6 is 0 Å². The number of aryl methyl sites for hydroxylation is 1. The number of nitrogens with one attached hydrogen (secondary N) is 1. The van der Waals surface area contributed by atoms with Gasteiger partial charge in [-0.3, -0.25) is 10.7 Å². The molecule has 0 saturated heterocycles. The van der Waals surface area contributed by atoms with E-state index < -0.39 is 0 Å². The van der Waals surface area contributed by atoms with E-state index in [1.54, 1.807) is 18.3 Å². The van der Waals surface area contributed by atoms with Crippen LogP contribution in [0.5, 0.6) is 5.88 Å². The molecule has 0 unspecified atom stereocenters. The van der Waals surface area contributed by atoms with E-state index in [2.05, 4.69) is 34.2 Å². The summed E-state index contributed by atoms with van der Waals surface area (Å²) in [6, 6.07) is 14.0. The first-order valence-electron chi connectivity index (χ1n) is 6.93. The molecule has 2 rings (SSSR count). The second kappa shape index (κ2) is 8.71. The number of nitrogens with zero attached hydrogens (tertiary/aromatic N) is 2. The third kappa shape index (κ3) is 5.62. The second-order valence-electron chi connectivity index (χ2n) is 4.53. The first kappa shape index (κ1) is 15.0. The number of rotatable bonds is 8. The molecule has 0 saturated carbocycles. The molecule has 0 aliphatic heterocycles. The van der Waals surface area contributed by atoms with Crippen LogP contribution in [0.2, 0.25) is 0 Å². The van der Waals surface area contributed by atoms with Crippen LogP contribution in [0, 0.1) is 0 Å². The van der Waals surface area contributed by atoms with Crippen molar-refractivity contribution in [3.63, 3.8) is 0 Å². The van der Waals surface area contributed by atoms with Crippen LogP contribution in [-0.2, 0) is 6.42 Å². The highest BCUT2D eigenvalue weighted by atomic mass is 16.5. The first-order valence-corrected chi connectivity index (χ1v) is 6.93. The minimum Gasteiger partial charge on any atom is -0.478 e. The summed E-state index contributed by atoms with van der Waals surface area (Å²) in [6.07, 6.45) is 5.92. The lowest BCUT2D eigenvalue weighted by Gasteiger charge is -2.05. The Morgan fingerprint density at radius 2 is 2.00 bits per heavy atom. The van der Waals surface area contributed by atoms with Crippen LogP contribution in [0.25, 0.3) is 0 Å². The summed E-state index contributed by atoms with van der Waals surface area (Å²) in [7, 11) is 0. The molecule has 5 nitrogen and oxygen atoms in total. The highest BCUT2D eigenvalue weighted by molar-refractivity contribution is 5.59. The molecule has 0 spiro atoms. The molecule has 1 aromatic heterocycles. The molecule has 21 heavy (non-hydrogen) atoms. The van der Waals surface area contributed by atoms with Crippen molar-refractivity contribution in [2.45, 2.75) is 19.3 Å². The Bertz CT molecular complexity index is 541. The summed E-state index contributed by atoms with van der Waals surface area (Å²) in [6.45, 7) is 0.653. The van der Waals surface area contributed by atoms with E-state index in [0.29, 0.717) is 18.2 Å². The van der Waals surface area contributed by atoms with E-state index in [-0.39, 0.29) is 0 Å². The fourth-order valence-electron chi connectivity index (χ4n) is 1.89. The Morgan fingerprint density at radius 1 is 1.14 bits per heavy atom. The van der Waals surface area contributed by atoms with Crippen molar-refractivity contribution in [2.75, 3.05) is 6.61 Å². The van der Waals surface area contributed by atoms with Gasteiger partial charge in [-0.25, -0.2) is 9.98 Å². The number of aromatic nitrogens is 1. The molecule has 2 N–H and O–H groups in total. The molecule has 0 aliphatic rings. The van der Waals surface area contributed by atoms with Crippen LogP contribution in [0.1, 0.15) is 18.4 Å². The van der Waals surface area contributed by atoms with Crippen molar-refractivity contribution >= 4 is 12.0 Å². The van der Waals surface area contributed by atoms with E-state index in [9.17, 15) is 0 Å². The van der Waals surface area contributed by atoms with E-state index in [0.717, 1.165) is 19.3 Å². The van der Waals surface area contributed by atoms with Gasteiger partial charge in [-0.05, 0) is 30.9 Å². The van der Waals surface area contributed by atoms with Crippen LogP contribution in [0.3, 0.4) is 0 Å². The molecule has 0 aliphatic carbocycles. The van der Waals surface area contributed by atoms with Crippen LogP contribution in [-0.4, -0.2) is 23.1 Å². The molecular weight excluding hydrogens is 266 g/mol. The van der Waals surface area contributed by atoms with E-state index >= 15 is 0 Å². The molecule has 110 valence electrons. The number of unbranched alkanes of at least 4 members (excludes halogenated alkanes) is 1. The van der Waals surface area contributed by atoms with Crippen molar-refractivity contribution in [1.82, 2.24) is 10.5 Å². The maximum absolute atomic E-state index is 8.39. The Hall–Kier alpha value is -2.40. The van der Waals surface area contributed by atoms with Gasteiger partial charge in [0.05, 0.1) is 18.5 Å². The minimum atomic E-state index is 0.589. The van der Waals surface area contributed by atoms with Crippen molar-refractivity contribution in [3.05, 3.63) is 54.2 Å². The summed E-state index contributed by atoms with van der Waals surface area (Å²) < 4.78 is 5.58. The summed E-state index contributed by atoms with van der Waals surface area (Å²) in [4.78, 5) is 8.05. The standard InChI is InChI=1S/C16H19N3O2/c20-19-13-18-15-9-10-16(17-12-15)21-11-5-4-8-14-6-2-1-3-7-14/h1-3,6-7,9-10,12-13,20H,4-5,8,11H2,(H,18,19). The van der Waals surface area contributed by atoms with Gasteiger partial charge in [0.15, 0.2) is 0 Å². The van der Waals surface area contributed by atoms with Crippen molar-refractivity contribution in [2.24, 2.45) is 4.99 Å². The van der Waals surface area contributed by atoms with Crippen molar-refractivity contribution in [3.8, 4) is 5.88 Å². The third-order valence-electron chi connectivity index (χ3n) is 2.94. The largest absolute Gasteiger partial charge is 0.478 e. The van der Waals surface area contributed by atoms with Crippen LogP contribution in [0.4, 0.5) is 5.69 Å². The van der Waals surface area contributed by atoms with Gasteiger partial charge in [0, 0.05) is 6.07 Å². The molecular formula is C16H19N3O2. The van der Waals surface area contributed by atoms with E-state index in [1.807, 2.05) is 11.5 Å². The van der Waals surface area contributed by atoms with Gasteiger partial charge in [-0.2, -0.15) is 0 Å².